The Morgan fingerprint density at radius 3 is 2.64 bits per heavy atom. The van der Waals surface area contributed by atoms with Crippen LogP contribution in [0.25, 0.3) is 11.4 Å². The SMILES string of the molecule is Cn1cc(CO)nc1-c1ccncc1. The van der Waals surface area contributed by atoms with E-state index in [-0.39, 0.29) is 6.61 Å². The van der Waals surface area contributed by atoms with Gasteiger partial charge in [-0.2, -0.15) is 0 Å². The first kappa shape index (κ1) is 8.90. The zero-order chi connectivity index (χ0) is 9.97. The highest BCUT2D eigenvalue weighted by Gasteiger charge is 2.05. The Kier molecular flexibility index (Phi) is 2.28. The van der Waals surface area contributed by atoms with Gasteiger partial charge in [-0.25, -0.2) is 4.98 Å². The molecule has 0 saturated heterocycles. The summed E-state index contributed by atoms with van der Waals surface area (Å²) in [6.45, 7) is -0.0288. The molecule has 2 rings (SSSR count). The third-order valence-electron chi connectivity index (χ3n) is 2.03. The van der Waals surface area contributed by atoms with Gasteiger partial charge in [-0.3, -0.25) is 4.98 Å². The summed E-state index contributed by atoms with van der Waals surface area (Å²) in [5, 5.41) is 8.93. The van der Waals surface area contributed by atoms with E-state index in [2.05, 4.69) is 9.97 Å². The minimum absolute atomic E-state index is 0.0288. The number of aromatic nitrogens is 3. The Balaban J connectivity index is 2.46. The molecule has 0 aliphatic carbocycles. The largest absolute Gasteiger partial charge is 0.390 e. The average Bonchev–Trinajstić information content (AvgIpc) is 2.61. The first-order chi connectivity index (χ1) is 6.81. The maximum absolute atomic E-state index is 8.93. The average molecular weight is 189 g/mol. The van der Waals surface area contributed by atoms with E-state index >= 15 is 0 Å². The number of hydrogen-bond donors (Lipinski definition) is 1. The molecule has 14 heavy (non-hydrogen) atoms. The van der Waals surface area contributed by atoms with Crippen LogP contribution in [0, 0.1) is 0 Å². The number of pyridine rings is 1. The van der Waals surface area contributed by atoms with Crippen LogP contribution in [0.5, 0.6) is 0 Å². The lowest BCUT2D eigenvalue weighted by molar-refractivity contribution is 0.277. The second kappa shape index (κ2) is 3.59. The third kappa shape index (κ3) is 1.52. The van der Waals surface area contributed by atoms with Gasteiger partial charge in [-0.1, -0.05) is 0 Å². The third-order valence-corrected chi connectivity index (χ3v) is 2.03. The van der Waals surface area contributed by atoms with Crippen LogP contribution < -0.4 is 0 Å². The summed E-state index contributed by atoms with van der Waals surface area (Å²) in [4.78, 5) is 8.22. The molecule has 0 radical (unpaired) electrons. The number of rotatable bonds is 2. The van der Waals surface area contributed by atoms with Crippen LogP contribution in [0.4, 0.5) is 0 Å². The monoisotopic (exact) mass is 189 g/mol. The Morgan fingerprint density at radius 1 is 1.36 bits per heavy atom. The molecule has 2 aromatic heterocycles. The van der Waals surface area contributed by atoms with Crippen LogP contribution >= 0.6 is 0 Å². The van der Waals surface area contributed by atoms with Crippen LogP contribution in [-0.4, -0.2) is 19.6 Å². The van der Waals surface area contributed by atoms with Crippen LogP contribution in [0.15, 0.2) is 30.7 Å². The predicted molar refractivity (Wildman–Crippen MR) is 52.4 cm³/mol. The molecule has 0 unspecified atom stereocenters. The summed E-state index contributed by atoms with van der Waals surface area (Å²) in [6.07, 6.45) is 5.26. The van der Waals surface area contributed by atoms with Crippen molar-refractivity contribution in [2.24, 2.45) is 7.05 Å². The van der Waals surface area contributed by atoms with E-state index in [9.17, 15) is 0 Å². The summed E-state index contributed by atoms with van der Waals surface area (Å²) < 4.78 is 1.89. The van der Waals surface area contributed by atoms with Crippen molar-refractivity contribution in [3.05, 3.63) is 36.4 Å². The van der Waals surface area contributed by atoms with Crippen molar-refractivity contribution in [3.63, 3.8) is 0 Å². The fourth-order valence-corrected chi connectivity index (χ4v) is 1.37. The van der Waals surface area contributed by atoms with E-state index in [1.54, 1.807) is 12.4 Å². The maximum atomic E-state index is 8.93. The summed E-state index contributed by atoms with van der Waals surface area (Å²) in [7, 11) is 1.90. The number of nitrogens with zero attached hydrogens (tertiary/aromatic N) is 3. The van der Waals surface area contributed by atoms with Crippen molar-refractivity contribution >= 4 is 0 Å². The Bertz CT molecular complexity index is 422. The van der Waals surface area contributed by atoms with Gasteiger partial charge in [0.1, 0.15) is 5.82 Å². The van der Waals surface area contributed by atoms with Crippen molar-refractivity contribution < 1.29 is 5.11 Å². The Hall–Kier alpha value is -1.68. The van der Waals surface area contributed by atoms with Gasteiger partial charge in [0.05, 0.1) is 12.3 Å². The highest BCUT2D eigenvalue weighted by molar-refractivity contribution is 5.54. The number of imidazole rings is 1. The van der Waals surface area contributed by atoms with E-state index in [1.807, 2.05) is 29.9 Å². The van der Waals surface area contributed by atoms with Crippen LogP contribution in [0.1, 0.15) is 5.69 Å². The number of aryl methyl sites for hydroxylation is 1. The van der Waals surface area contributed by atoms with Crippen molar-refractivity contribution in [1.82, 2.24) is 14.5 Å². The minimum Gasteiger partial charge on any atom is -0.390 e. The van der Waals surface area contributed by atoms with Crippen molar-refractivity contribution in [1.29, 1.82) is 0 Å². The molecule has 2 aromatic rings. The van der Waals surface area contributed by atoms with E-state index in [0.717, 1.165) is 11.4 Å². The molecule has 4 nitrogen and oxygen atoms in total. The lowest BCUT2D eigenvalue weighted by Gasteiger charge is -1.99. The van der Waals surface area contributed by atoms with E-state index < -0.39 is 0 Å². The molecule has 0 atom stereocenters. The molecule has 0 amide bonds. The van der Waals surface area contributed by atoms with Gasteiger partial charge in [-0.05, 0) is 12.1 Å². The first-order valence-electron chi connectivity index (χ1n) is 4.35. The lowest BCUT2D eigenvalue weighted by Crippen LogP contribution is -1.90. The number of aliphatic hydroxyl groups is 1. The molecule has 2 heterocycles. The van der Waals surface area contributed by atoms with Crippen LogP contribution in [0.3, 0.4) is 0 Å². The van der Waals surface area contributed by atoms with E-state index in [1.165, 1.54) is 0 Å². The predicted octanol–water partition coefficient (Wildman–Crippen LogP) is 0.974. The Morgan fingerprint density at radius 2 is 2.07 bits per heavy atom. The van der Waals surface area contributed by atoms with E-state index in [4.69, 9.17) is 5.11 Å². The number of hydrogen-bond acceptors (Lipinski definition) is 3. The second-order valence-electron chi connectivity index (χ2n) is 3.06. The molecule has 0 bridgehead atoms. The highest BCUT2D eigenvalue weighted by Crippen LogP contribution is 2.16. The quantitative estimate of drug-likeness (QED) is 0.766. The van der Waals surface area contributed by atoms with Crippen molar-refractivity contribution in [2.75, 3.05) is 0 Å². The molecule has 4 heteroatoms. The molecule has 0 aliphatic heterocycles. The van der Waals surface area contributed by atoms with Crippen molar-refractivity contribution in [3.8, 4) is 11.4 Å². The number of aliphatic hydroxyl groups excluding tert-OH is 1. The van der Waals surface area contributed by atoms with Gasteiger partial charge >= 0.3 is 0 Å². The van der Waals surface area contributed by atoms with Gasteiger partial charge in [0.2, 0.25) is 0 Å². The minimum atomic E-state index is -0.0288. The van der Waals surface area contributed by atoms with Crippen LogP contribution in [0.2, 0.25) is 0 Å². The fraction of sp³-hybridized carbons (Fsp3) is 0.200. The summed E-state index contributed by atoms with van der Waals surface area (Å²) in [6, 6.07) is 3.78. The molecule has 0 spiro atoms. The molecule has 1 N–H and O–H groups in total. The van der Waals surface area contributed by atoms with Gasteiger partial charge in [0.15, 0.2) is 0 Å². The smallest absolute Gasteiger partial charge is 0.140 e. The zero-order valence-corrected chi connectivity index (χ0v) is 7.88. The second-order valence-corrected chi connectivity index (χ2v) is 3.06. The highest BCUT2D eigenvalue weighted by atomic mass is 16.3. The molecule has 0 aromatic carbocycles. The molecule has 72 valence electrons. The molecular formula is C10H11N3O. The summed E-state index contributed by atoms with van der Waals surface area (Å²) in [5.74, 6) is 0.844. The maximum Gasteiger partial charge on any atom is 0.140 e. The summed E-state index contributed by atoms with van der Waals surface area (Å²) >= 11 is 0. The van der Waals surface area contributed by atoms with Gasteiger partial charge in [-0.15, -0.1) is 0 Å². The molecular weight excluding hydrogens is 178 g/mol. The zero-order valence-electron chi connectivity index (χ0n) is 7.88. The van der Waals surface area contributed by atoms with Gasteiger partial charge in [0, 0.05) is 31.2 Å². The molecule has 0 saturated carbocycles. The normalized spacial score (nSPS) is 10.4. The first-order valence-corrected chi connectivity index (χ1v) is 4.35. The lowest BCUT2D eigenvalue weighted by atomic mass is 10.2. The topological polar surface area (TPSA) is 50.9 Å². The molecule has 0 aliphatic rings. The summed E-state index contributed by atoms with van der Waals surface area (Å²) in [5.41, 5.74) is 1.68. The standard InChI is InChI=1S/C10H11N3O/c1-13-6-9(7-14)12-10(13)8-2-4-11-5-3-8/h2-6,14H,7H2,1H3. The van der Waals surface area contributed by atoms with Crippen LogP contribution in [-0.2, 0) is 13.7 Å². The fourth-order valence-electron chi connectivity index (χ4n) is 1.37. The van der Waals surface area contributed by atoms with Crippen molar-refractivity contribution in [2.45, 2.75) is 6.61 Å². The molecule has 0 fully saturated rings. The van der Waals surface area contributed by atoms with Gasteiger partial charge in [0.25, 0.3) is 0 Å². The van der Waals surface area contributed by atoms with Gasteiger partial charge < -0.3 is 9.67 Å². The van der Waals surface area contributed by atoms with E-state index in [0.29, 0.717) is 5.69 Å². The Labute approximate surface area is 81.9 Å².